The Morgan fingerprint density at radius 1 is 0.818 bits per heavy atom. The van der Waals surface area contributed by atoms with Crippen molar-refractivity contribution in [3.05, 3.63) is 24.3 Å². The molecule has 0 unspecified atom stereocenters. The Morgan fingerprint density at radius 3 is 1.64 bits per heavy atom. The predicted molar refractivity (Wildman–Crippen MR) is 41.0 cm³/mol. The van der Waals surface area contributed by atoms with Gasteiger partial charge in [0.25, 0.3) is 0 Å². The average molecular weight is 162 g/mol. The molecule has 0 aliphatic rings. The summed E-state index contributed by atoms with van der Waals surface area (Å²) in [5, 5.41) is 0. The maximum atomic E-state index is 11.4. The summed E-state index contributed by atoms with van der Waals surface area (Å²) in [6, 6.07) is 0. The summed E-state index contributed by atoms with van der Waals surface area (Å²) in [6.45, 7) is -0.186. The largest absolute Gasteiger partial charge is 0.373 e. The lowest BCUT2D eigenvalue weighted by Gasteiger charge is -1.92. The Kier molecular flexibility index (Phi) is 8.71. The molecule has 0 aromatic rings. The van der Waals surface area contributed by atoms with Crippen LogP contribution in [0.25, 0.3) is 0 Å². The first kappa shape index (κ1) is 10.3. The molecule has 64 valence electrons. The number of halogens is 2. The maximum Gasteiger partial charge on any atom is 0.108 e. The van der Waals surface area contributed by atoms with Crippen molar-refractivity contribution in [2.24, 2.45) is 0 Å². The van der Waals surface area contributed by atoms with Crippen LogP contribution in [0.3, 0.4) is 0 Å². The van der Waals surface area contributed by atoms with E-state index >= 15 is 0 Å². The number of alkyl halides is 2. The Hall–Kier alpha value is -0.700. The van der Waals surface area contributed by atoms with Crippen LogP contribution in [0, 0.1) is 0 Å². The Labute approximate surface area is 65.4 Å². The van der Waals surface area contributed by atoms with Crippen LogP contribution in [0.15, 0.2) is 24.3 Å². The van der Waals surface area contributed by atoms with Crippen molar-refractivity contribution in [1.82, 2.24) is 0 Å². The van der Waals surface area contributed by atoms with Gasteiger partial charge in [-0.25, -0.2) is 8.78 Å². The van der Waals surface area contributed by atoms with Crippen LogP contribution in [-0.4, -0.2) is 26.6 Å². The van der Waals surface area contributed by atoms with Crippen molar-refractivity contribution in [3.8, 4) is 0 Å². The van der Waals surface area contributed by atoms with Crippen molar-refractivity contribution in [1.29, 1.82) is 0 Å². The molecule has 0 saturated heterocycles. The molecule has 0 aliphatic heterocycles. The second kappa shape index (κ2) is 9.30. The zero-order chi connectivity index (χ0) is 8.36. The average Bonchev–Trinajstić information content (AvgIpc) is 2.03. The molecular weight excluding hydrogens is 150 g/mol. The molecule has 0 spiro atoms. The lowest BCUT2D eigenvalue weighted by molar-refractivity contribution is 0.193. The molecule has 0 aromatic heterocycles. The standard InChI is InChI=1S/C8H12F2O/c9-5-1-3-7-11-8-4-2-6-10/h1-4H,5-8H2. The van der Waals surface area contributed by atoms with Crippen molar-refractivity contribution in [3.63, 3.8) is 0 Å². The van der Waals surface area contributed by atoms with Crippen molar-refractivity contribution in [2.45, 2.75) is 0 Å². The molecule has 0 fully saturated rings. The van der Waals surface area contributed by atoms with Crippen LogP contribution in [0.4, 0.5) is 8.78 Å². The third-order valence-electron chi connectivity index (χ3n) is 0.940. The maximum absolute atomic E-state index is 11.4. The second-order valence-corrected chi connectivity index (χ2v) is 1.79. The lowest BCUT2D eigenvalue weighted by atomic mass is 10.5. The van der Waals surface area contributed by atoms with Crippen LogP contribution in [0.2, 0.25) is 0 Å². The van der Waals surface area contributed by atoms with Crippen LogP contribution >= 0.6 is 0 Å². The fraction of sp³-hybridized carbons (Fsp3) is 0.500. The van der Waals surface area contributed by atoms with Crippen LogP contribution in [0.1, 0.15) is 0 Å². The van der Waals surface area contributed by atoms with Crippen molar-refractivity contribution < 1.29 is 13.5 Å². The Morgan fingerprint density at radius 2 is 1.27 bits per heavy atom. The van der Waals surface area contributed by atoms with Gasteiger partial charge in [0.15, 0.2) is 0 Å². The first-order valence-corrected chi connectivity index (χ1v) is 3.41. The zero-order valence-corrected chi connectivity index (χ0v) is 6.30. The van der Waals surface area contributed by atoms with Crippen molar-refractivity contribution >= 4 is 0 Å². The summed E-state index contributed by atoms with van der Waals surface area (Å²) < 4.78 is 27.8. The lowest BCUT2D eigenvalue weighted by Crippen LogP contribution is -1.90. The number of hydrogen-bond donors (Lipinski definition) is 0. The first-order chi connectivity index (χ1) is 5.41. The van der Waals surface area contributed by atoms with E-state index in [1.807, 2.05) is 0 Å². The monoisotopic (exact) mass is 162 g/mol. The number of rotatable bonds is 6. The van der Waals surface area contributed by atoms with Crippen LogP contribution < -0.4 is 0 Å². The molecular formula is C8H12F2O. The van der Waals surface area contributed by atoms with Crippen molar-refractivity contribution in [2.75, 3.05) is 26.6 Å². The van der Waals surface area contributed by atoms with E-state index in [1.54, 1.807) is 12.2 Å². The highest BCUT2D eigenvalue weighted by Crippen LogP contribution is 1.81. The quantitative estimate of drug-likeness (QED) is 0.429. The Bertz CT molecular complexity index is 107. The first-order valence-electron chi connectivity index (χ1n) is 3.41. The molecule has 0 aromatic carbocycles. The van der Waals surface area contributed by atoms with Gasteiger partial charge in [0.05, 0.1) is 13.2 Å². The molecule has 11 heavy (non-hydrogen) atoms. The van der Waals surface area contributed by atoms with Crippen LogP contribution in [-0.2, 0) is 4.74 Å². The zero-order valence-electron chi connectivity index (χ0n) is 6.30. The topological polar surface area (TPSA) is 9.23 Å². The van der Waals surface area contributed by atoms with E-state index in [1.165, 1.54) is 12.2 Å². The summed E-state index contributed by atoms with van der Waals surface area (Å²) in [5.41, 5.74) is 0. The van der Waals surface area contributed by atoms with E-state index < -0.39 is 13.3 Å². The van der Waals surface area contributed by atoms with E-state index in [9.17, 15) is 8.78 Å². The summed E-state index contributed by atoms with van der Waals surface area (Å²) in [6.07, 6.45) is 5.92. The SMILES string of the molecule is FCC=CCOCC=CCF. The van der Waals surface area contributed by atoms with E-state index in [2.05, 4.69) is 0 Å². The molecule has 0 heterocycles. The normalized spacial score (nSPS) is 11.8. The second-order valence-electron chi connectivity index (χ2n) is 1.79. The number of allylic oxidation sites excluding steroid dienone is 2. The van der Waals surface area contributed by atoms with Gasteiger partial charge in [-0.3, -0.25) is 0 Å². The summed E-state index contributed by atoms with van der Waals surface area (Å²) >= 11 is 0. The molecule has 0 radical (unpaired) electrons. The summed E-state index contributed by atoms with van der Waals surface area (Å²) in [7, 11) is 0. The molecule has 0 rings (SSSR count). The van der Waals surface area contributed by atoms with E-state index in [4.69, 9.17) is 4.74 Å². The molecule has 0 N–H and O–H groups in total. The molecule has 0 amide bonds. The van der Waals surface area contributed by atoms with Gasteiger partial charge in [-0.05, 0) is 0 Å². The highest BCUT2D eigenvalue weighted by Gasteiger charge is 1.77. The molecule has 1 nitrogen and oxygen atoms in total. The number of hydrogen-bond acceptors (Lipinski definition) is 1. The highest BCUT2D eigenvalue weighted by molar-refractivity contribution is 4.83. The minimum absolute atomic E-state index is 0.376. The number of ether oxygens (including phenoxy) is 1. The van der Waals surface area contributed by atoms with E-state index in [0.29, 0.717) is 13.2 Å². The van der Waals surface area contributed by atoms with Gasteiger partial charge in [-0.1, -0.05) is 24.3 Å². The minimum atomic E-state index is -0.469. The van der Waals surface area contributed by atoms with Gasteiger partial charge >= 0.3 is 0 Å². The summed E-state index contributed by atoms with van der Waals surface area (Å²) in [4.78, 5) is 0. The molecule has 0 aliphatic carbocycles. The van der Waals surface area contributed by atoms with Gasteiger partial charge in [-0.15, -0.1) is 0 Å². The molecule has 0 atom stereocenters. The van der Waals surface area contributed by atoms with Crippen LogP contribution in [0.5, 0.6) is 0 Å². The van der Waals surface area contributed by atoms with Gasteiger partial charge in [0.2, 0.25) is 0 Å². The fourth-order valence-corrected chi connectivity index (χ4v) is 0.466. The highest BCUT2D eigenvalue weighted by atomic mass is 19.1. The van der Waals surface area contributed by atoms with Gasteiger partial charge in [-0.2, -0.15) is 0 Å². The minimum Gasteiger partial charge on any atom is -0.373 e. The summed E-state index contributed by atoms with van der Waals surface area (Å²) in [5.74, 6) is 0. The third kappa shape index (κ3) is 9.30. The third-order valence-corrected chi connectivity index (χ3v) is 0.940. The smallest absolute Gasteiger partial charge is 0.108 e. The van der Waals surface area contributed by atoms with E-state index in [0.717, 1.165) is 0 Å². The molecule has 0 bridgehead atoms. The molecule has 3 heteroatoms. The predicted octanol–water partition coefficient (Wildman–Crippen LogP) is 2.05. The van der Waals surface area contributed by atoms with E-state index in [-0.39, 0.29) is 0 Å². The fourth-order valence-electron chi connectivity index (χ4n) is 0.466. The van der Waals surface area contributed by atoms with Gasteiger partial charge in [0, 0.05) is 0 Å². The van der Waals surface area contributed by atoms with Gasteiger partial charge in [0.1, 0.15) is 13.3 Å². The molecule has 0 saturated carbocycles. The Balaban J connectivity index is 3.02. The van der Waals surface area contributed by atoms with Gasteiger partial charge < -0.3 is 4.74 Å².